The zero-order valence-corrected chi connectivity index (χ0v) is 9.89. The highest BCUT2D eigenvalue weighted by atomic mass is 32.2. The molecule has 0 saturated carbocycles. The van der Waals surface area contributed by atoms with Gasteiger partial charge in [-0.3, -0.25) is 4.79 Å². The molecule has 1 rings (SSSR count). The molecule has 16 heavy (non-hydrogen) atoms. The Morgan fingerprint density at radius 2 is 2.25 bits per heavy atom. The monoisotopic (exact) mass is 242 g/mol. The third-order valence-corrected chi connectivity index (χ3v) is 3.25. The summed E-state index contributed by atoms with van der Waals surface area (Å²) in [5, 5.41) is 0. The Morgan fingerprint density at radius 3 is 2.75 bits per heavy atom. The van der Waals surface area contributed by atoms with Crippen LogP contribution in [-0.2, 0) is 5.75 Å². The third-order valence-electron chi connectivity index (χ3n) is 1.98. The maximum atomic E-state index is 13.5. The maximum Gasteiger partial charge on any atom is 0.248 e. The molecule has 1 aromatic carbocycles. The van der Waals surface area contributed by atoms with E-state index in [2.05, 4.69) is 0 Å². The third kappa shape index (κ3) is 3.83. The van der Waals surface area contributed by atoms with Gasteiger partial charge in [0.05, 0.1) is 0 Å². The minimum absolute atomic E-state index is 0.0953. The summed E-state index contributed by atoms with van der Waals surface area (Å²) in [7, 11) is 0. The van der Waals surface area contributed by atoms with Crippen LogP contribution in [0.2, 0.25) is 0 Å². The molecule has 88 valence electrons. The van der Waals surface area contributed by atoms with E-state index < -0.39 is 11.7 Å². The minimum Gasteiger partial charge on any atom is -0.366 e. The van der Waals surface area contributed by atoms with Gasteiger partial charge in [-0.2, -0.15) is 11.8 Å². The quantitative estimate of drug-likeness (QED) is 0.822. The van der Waals surface area contributed by atoms with Crippen LogP contribution in [0.5, 0.6) is 0 Å². The topological polar surface area (TPSA) is 69.1 Å². The molecule has 4 N–H and O–H groups in total. The number of rotatable bonds is 5. The Labute approximate surface area is 98.4 Å². The van der Waals surface area contributed by atoms with Gasteiger partial charge < -0.3 is 11.5 Å². The number of primary amides is 1. The Morgan fingerprint density at radius 1 is 1.56 bits per heavy atom. The average Bonchev–Trinajstić information content (AvgIpc) is 2.19. The Balaban J connectivity index is 2.64. The van der Waals surface area contributed by atoms with E-state index in [9.17, 15) is 9.18 Å². The zero-order chi connectivity index (χ0) is 12.1. The fourth-order valence-corrected chi connectivity index (χ4v) is 2.12. The first-order chi connectivity index (χ1) is 7.50. The van der Waals surface area contributed by atoms with E-state index in [1.165, 1.54) is 12.1 Å². The number of nitrogens with two attached hydrogens (primary N) is 2. The molecule has 0 saturated heterocycles. The number of amides is 1. The summed E-state index contributed by atoms with van der Waals surface area (Å²) >= 11 is 1.56. The Hall–Kier alpha value is -1.07. The first-order valence-corrected chi connectivity index (χ1v) is 6.07. The number of benzene rings is 1. The normalized spacial score (nSPS) is 12.4. The van der Waals surface area contributed by atoms with Gasteiger partial charge in [-0.25, -0.2) is 4.39 Å². The molecule has 5 heteroatoms. The van der Waals surface area contributed by atoms with Gasteiger partial charge in [0.1, 0.15) is 5.82 Å². The standard InChI is InChI=1S/C11H15FN2OS/c1-7(13)5-16-6-9-3-2-8(11(14)15)4-10(9)12/h2-4,7H,5-6,13H2,1H3,(H2,14,15). The average molecular weight is 242 g/mol. The Bertz CT molecular complexity index is 382. The molecule has 0 radical (unpaired) electrons. The summed E-state index contributed by atoms with van der Waals surface area (Å²) in [6.45, 7) is 1.90. The highest BCUT2D eigenvalue weighted by Gasteiger charge is 2.07. The zero-order valence-electron chi connectivity index (χ0n) is 9.07. The molecule has 3 nitrogen and oxygen atoms in total. The largest absolute Gasteiger partial charge is 0.366 e. The van der Waals surface area contributed by atoms with Crippen LogP contribution in [0.15, 0.2) is 18.2 Å². The molecule has 1 unspecified atom stereocenters. The molecule has 0 aliphatic rings. The lowest BCUT2D eigenvalue weighted by Crippen LogP contribution is -2.17. The molecular formula is C11H15FN2OS. The summed E-state index contributed by atoms with van der Waals surface area (Å²) in [5.74, 6) is 0.311. The molecule has 0 spiro atoms. The van der Waals surface area contributed by atoms with E-state index in [0.717, 1.165) is 5.75 Å². The molecule has 0 fully saturated rings. The lowest BCUT2D eigenvalue weighted by atomic mass is 10.1. The van der Waals surface area contributed by atoms with Gasteiger partial charge in [0.25, 0.3) is 0 Å². The van der Waals surface area contributed by atoms with Crippen molar-refractivity contribution in [1.82, 2.24) is 0 Å². The van der Waals surface area contributed by atoms with E-state index in [1.54, 1.807) is 17.8 Å². The van der Waals surface area contributed by atoms with Crippen LogP contribution >= 0.6 is 11.8 Å². The minimum atomic E-state index is -0.617. The van der Waals surface area contributed by atoms with Crippen molar-refractivity contribution < 1.29 is 9.18 Å². The SMILES string of the molecule is CC(N)CSCc1ccc(C(N)=O)cc1F. The smallest absolute Gasteiger partial charge is 0.248 e. The van der Waals surface area contributed by atoms with Gasteiger partial charge in [0.2, 0.25) is 5.91 Å². The highest BCUT2D eigenvalue weighted by molar-refractivity contribution is 7.98. The van der Waals surface area contributed by atoms with Gasteiger partial charge in [-0.05, 0) is 24.6 Å². The lowest BCUT2D eigenvalue weighted by molar-refractivity contribution is 0.1000. The van der Waals surface area contributed by atoms with E-state index in [0.29, 0.717) is 11.3 Å². The van der Waals surface area contributed by atoms with E-state index >= 15 is 0 Å². The fraction of sp³-hybridized carbons (Fsp3) is 0.364. The molecule has 0 aromatic heterocycles. The number of carbonyl (C=O) groups excluding carboxylic acids is 1. The number of halogens is 1. The van der Waals surface area contributed by atoms with Crippen LogP contribution in [0, 0.1) is 5.82 Å². The van der Waals surface area contributed by atoms with Crippen LogP contribution in [-0.4, -0.2) is 17.7 Å². The molecule has 0 heterocycles. The van der Waals surface area contributed by atoms with Crippen molar-refractivity contribution in [2.24, 2.45) is 11.5 Å². The lowest BCUT2D eigenvalue weighted by Gasteiger charge is -2.06. The van der Waals surface area contributed by atoms with Crippen molar-refractivity contribution in [1.29, 1.82) is 0 Å². The van der Waals surface area contributed by atoms with Crippen molar-refractivity contribution in [3.8, 4) is 0 Å². The summed E-state index contributed by atoms with van der Waals surface area (Å²) in [6.07, 6.45) is 0. The molecular weight excluding hydrogens is 227 g/mol. The van der Waals surface area contributed by atoms with Crippen LogP contribution in [0.25, 0.3) is 0 Å². The number of hydrogen-bond donors (Lipinski definition) is 2. The summed E-state index contributed by atoms with van der Waals surface area (Å²) in [5.41, 5.74) is 11.4. The maximum absolute atomic E-state index is 13.5. The van der Waals surface area contributed by atoms with Crippen LogP contribution < -0.4 is 11.5 Å². The summed E-state index contributed by atoms with van der Waals surface area (Å²) in [4.78, 5) is 10.8. The van der Waals surface area contributed by atoms with Gasteiger partial charge >= 0.3 is 0 Å². The van der Waals surface area contributed by atoms with Gasteiger partial charge in [0, 0.05) is 23.1 Å². The van der Waals surface area contributed by atoms with Crippen LogP contribution in [0.3, 0.4) is 0 Å². The van der Waals surface area contributed by atoms with E-state index in [4.69, 9.17) is 11.5 Å². The molecule has 1 atom stereocenters. The van der Waals surface area contributed by atoms with Crippen molar-refractivity contribution in [2.75, 3.05) is 5.75 Å². The van der Waals surface area contributed by atoms with Crippen LogP contribution in [0.1, 0.15) is 22.8 Å². The first kappa shape index (κ1) is 13.0. The van der Waals surface area contributed by atoms with E-state index in [-0.39, 0.29) is 11.6 Å². The molecule has 0 aliphatic carbocycles. The van der Waals surface area contributed by atoms with Gasteiger partial charge in [-0.15, -0.1) is 0 Å². The first-order valence-electron chi connectivity index (χ1n) is 4.92. The number of hydrogen-bond acceptors (Lipinski definition) is 3. The number of carbonyl (C=O) groups is 1. The Kier molecular flexibility index (Phi) is 4.76. The molecule has 0 aliphatic heterocycles. The second-order valence-corrected chi connectivity index (χ2v) is 4.69. The van der Waals surface area contributed by atoms with Gasteiger partial charge in [-0.1, -0.05) is 6.07 Å². The molecule has 0 bridgehead atoms. The van der Waals surface area contributed by atoms with Crippen molar-refractivity contribution in [2.45, 2.75) is 18.7 Å². The van der Waals surface area contributed by atoms with Crippen LogP contribution in [0.4, 0.5) is 4.39 Å². The number of thioether (sulfide) groups is 1. The predicted octanol–water partition coefficient (Wildman–Crippen LogP) is 1.51. The van der Waals surface area contributed by atoms with Crippen molar-refractivity contribution in [3.63, 3.8) is 0 Å². The molecule has 1 amide bonds. The predicted molar refractivity (Wildman–Crippen MR) is 64.7 cm³/mol. The molecule has 1 aromatic rings. The van der Waals surface area contributed by atoms with Gasteiger partial charge in [0.15, 0.2) is 0 Å². The second kappa shape index (κ2) is 5.86. The fourth-order valence-electron chi connectivity index (χ4n) is 1.17. The highest BCUT2D eigenvalue weighted by Crippen LogP contribution is 2.17. The second-order valence-electron chi connectivity index (χ2n) is 3.66. The summed E-state index contributed by atoms with van der Waals surface area (Å²) < 4.78 is 13.5. The van der Waals surface area contributed by atoms with Crippen molar-refractivity contribution >= 4 is 17.7 Å². The van der Waals surface area contributed by atoms with E-state index in [1.807, 2.05) is 6.92 Å². The summed E-state index contributed by atoms with van der Waals surface area (Å²) in [6, 6.07) is 4.39. The van der Waals surface area contributed by atoms with Crippen molar-refractivity contribution in [3.05, 3.63) is 35.1 Å².